The number of amides is 2. The van der Waals surface area contributed by atoms with E-state index in [4.69, 9.17) is 4.74 Å². The van der Waals surface area contributed by atoms with Gasteiger partial charge in [0.1, 0.15) is 11.6 Å². The topological polar surface area (TPSA) is 105 Å². The van der Waals surface area contributed by atoms with E-state index in [0.717, 1.165) is 16.8 Å². The Bertz CT molecular complexity index is 1250. The van der Waals surface area contributed by atoms with Crippen LogP contribution in [0.25, 0.3) is 0 Å². The summed E-state index contributed by atoms with van der Waals surface area (Å²) >= 11 is 1.30. The molecule has 10 heteroatoms. The van der Waals surface area contributed by atoms with Gasteiger partial charge >= 0.3 is 6.09 Å². The number of aliphatic imine (C=N–C) groups is 1. The molecule has 0 bridgehead atoms. The summed E-state index contributed by atoms with van der Waals surface area (Å²) in [5.41, 5.74) is 2.00. The quantitative estimate of drug-likeness (QED) is 0.629. The molecular weight excluding hydrogens is 498 g/mol. The Morgan fingerprint density at radius 2 is 1.78 bits per heavy atom. The zero-order valence-electron chi connectivity index (χ0n) is 20.8. The lowest BCUT2D eigenvalue weighted by atomic mass is 10.1. The minimum absolute atomic E-state index is 0.00928. The first kappa shape index (κ1) is 26.2. The number of amidine groups is 1. The molecule has 2 saturated heterocycles. The summed E-state index contributed by atoms with van der Waals surface area (Å²) in [5.74, 6) is -0.469. The first-order chi connectivity index (χ1) is 16.9. The van der Waals surface area contributed by atoms with E-state index in [1.54, 1.807) is 20.8 Å². The van der Waals surface area contributed by atoms with E-state index in [1.165, 1.54) is 11.8 Å². The highest BCUT2D eigenvalue weighted by atomic mass is 32.2. The van der Waals surface area contributed by atoms with E-state index >= 15 is 0 Å². The molecule has 2 heterocycles. The number of alkyl carbamates (subject to hydrolysis) is 1. The molecule has 0 aliphatic carbocycles. The van der Waals surface area contributed by atoms with Crippen molar-refractivity contribution < 1.29 is 22.7 Å². The molecule has 36 heavy (non-hydrogen) atoms. The lowest BCUT2D eigenvalue weighted by Gasteiger charge is -2.25. The molecule has 3 unspecified atom stereocenters. The minimum Gasteiger partial charge on any atom is -0.444 e. The summed E-state index contributed by atoms with van der Waals surface area (Å²) < 4.78 is 30.1. The fourth-order valence-corrected chi connectivity index (χ4v) is 8.16. The molecule has 1 N–H and O–H groups in total. The number of hydrogen-bond acceptors (Lipinski definition) is 6. The van der Waals surface area contributed by atoms with E-state index in [-0.39, 0.29) is 29.2 Å². The average molecular weight is 530 g/mol. The highest BCUT2D eigenvalue weighted by molar-refractivity contribution is 8.16. The second-order valence-corrected chi connectivity index (χ2v) is 13.5. The number of sulfone groups is 1. The molecule has 0 aromatic heterocycles. The molecule has 0 saturated carbocycles. The van der Waals surface area contributed by atoms with Crippen LogP contribution in [0.1, 0.15) is 31.9 Å². The molecule has 3 atom stereocenters. The molecule has 8 nitrogen and oxygen atoms in total. The van der Waals surface area contributed by atoms with E-state index in [0.29, 0.717) is 5.17 Å². The first-order valence-corrected chi connectivity index (χ1v) is 14.5. The third-order valence-corrected chi connectivity index (χ3v) is 9.07. The second kappa shape index (κ2) is 10.3. The third kappa shape index (κ3) is 6.47. The van der Waals surface area contributed by atoms with Gasteiger partial charge in [0.05, 0.1) is 17.5 Å². The van der Waals surface area contributed by atoms with E-state index in [2.05, 4.69) is 10.3 Å². The Morgan fingerprint density at radius 1 is 1.11 bits per heavy atom. The van der Waals surface area contributed by atoms with Crippen LogP contribution in [0.4, 0.5) is 10.5 Å². The number of nitrogens with one attached hydrogen (secondary N) is 1. The smallest absolute Gasteiger partial charge is 0.408 e. The van der Waals surface area contributed by atoms with Crippen molar-refractivity contribution in [1.29, 1.82) is 0 Å². The van der Waals surface area contributed by atoms with Gasteiger partial charge in [-0.25, -0.2) is 13.2 Å². The number of benzene rings is 2. The normalized spacial score (nSPS) is 22.8. The van der Waals surface area contributed by atoms with Crippen LogP contribution in [0.3, 0.4) is 0 Å². The lowest BCUT2D eigenvalue weighted by Crippen LogP contribution is -2.45. The van der Waals surface area contributed by atoms with Gasteiger partial charge in [-0.2, -0.15) is 4.99 Å². The summed E-state index contributed by atoms with van der Waals surface area (Å²) in [6.07, 6.45) is -0.457. The van der Waals surface area contributed by atoms with Crippen molar-refractivity contribution in [2.45, 2.75) is 57.1 Å². The van der Waals surface area contributed by atoms with Crippen LogP contribution >= 0.6 is 11.8 Å². The molecule has 2 amide bonds. The highest BCUT2D eigenvalue weighted by Gasteiger charge is 2.49. The Kier molecular flexibility index (Phi) is 7.47. The molecule has 2 fully saturated rings. The van der Waals surface area contributed by atoms with E-state index in [1.807, 2.05) is 66.4 Å². The summed E-state index contributed by atoms with van der Waals surface area (Å²) in [6.45, 7) is 7.23. The summed E-state index contributed by atoms with van der Waals surface area (Å²) in [7, 11) is -3.17. The largest absolute Gasteiger partial charge is 0.444 e. The molecule has 2 aliphatic heterocycles. The Balaban J connectivity index is 1.64. The van der Waals surface area contributed by atoms with Gasteiger partial charge in [-0.1, -0.05) is 59.8 Å². The van der Waals surface area contributed by atoms with Crippen molar-refractivity contribution in [3.05, 3.63) is 65.7 Å². The van der Waals surface area contributed by atoms with Crippen LogP contribution in [0.15, 0.2) is 59.6 Å². The molecule has 2 aliphatic rings. The monoisotopic (exact) mass is 529 g/mol. The van der Waals surface area contributed by atoms with Crippen molar-refractivity contribution >= 4 is 44.5 Å². The number of ether oxygens (including phenoxy) is 1. The van der Waals surface area contributed by atoms with Crippen LogP contribution in [0.5, 0.6) is 0 Å². The van der Waals surface area contributed by atoms with Crippen molar-refractivity contribution in [3.8, 4) is 0 Å². The SMILES string of the molecule is Cc1ccc(N2C(=NC(=O)C(Cc3ccccc3)NC(=O)OC(C)(C)C)SC3CS(=O)(=O)CC32)cc1. The second-order valence-electron chi connectivity index (χ2n) is 10.1. The Hall–Kier alpha value is -2.85. The minimum atomic E-state index is -3.17. The fourth-order valence-electron chi connectivity index (χ4n) is 4.24. The average Bonchev–Trinajstić information content (AvgIpc) is 3.24. The number of anilines is 1. The maximum atomic E-state index is 13.5. The van der Waals surface area contributed by atoms with Crippen molar-refractivity contribution in [3.63, 3.8) is 0 Å². The van der Waals surface area contributed by atoms with Gasteiger partial charge in [-0.15, -0.1) is 0 Å². The summed E-state index contributed by atoms with van der Waals surface area (Å²) in [5, 5.41) is 2.91. The maximum absolute atomic E-state index is 13.5. The Labute approximate surface area is 216 Å². The summed E-state index contributed by atoms with van der Waals surface area (Å²) in [4.78, 5) is 32.3. The number of carbonyl (C=O) groups excluding carboxylic acids is 2. The van der Waals surface area contributed by atoms with Crippen LogP contribution in [-0.4, -0.2) is 60.0 Å². The fraction of sp³-hybridized carbons (Fsp3) is 0.423. The van der Waals surface area contributed by atoms with Gasteiger partial charge in [0, 0.05) is 17.4 Å². The van der Waals surface area contributed by atoms with E-state index in [9.17, 15) is 18.0 Å². The van der Waals surface area contributed by atoms with Crippen LogP contribution in [0.2, 0.25) is 0 Å². The van der Waals surface area contributed by atoms with Crippen LogP contribution in [-0.2, 0) is 25.8 Å². The molecule has 2 aromatic carbocycles. The van der Waals surface area contributed by atoms with Crippen molar-refractivity contribution in [2.24, 2.45) is 4.99 Å². The maximum Gasteiger partial charge on any atom is 0.408 e. The standard InChI is InChI=1S/C26H31N3O5S2/c1-17-10-12-19(13-11-17)29-21-15-36(32,33)16-22(21)35-24(29)28-23(30)20(14-18-8-6-5-7-9-18)27-25(31)34-26(2,3)4/h5-13,20-22H,14-16H2,1-4H3,(H,27,31). The first-order valence-electron chi connectivity index (χ1n) is 11.8. The molecule has 0 radical (unpaired) electrons. The van der Waals surface area contributed by atoms with Crippen LogP contribution in [0, 0.1) is 6.92 Å². The number of hydrogen-bond donors (Lipinski definition) is 1. The number of thioether (sulfide) groups is 1. The highest BCUT2D eigenvalue weighted by Crippen LogP contribution is 2.41. The number of carbonyl (C=O) groups is 2. The number of rotatable bonds is 5. The number of fused-ring (bicyclic) bond motifs is 1. The predicted octanol–water partition coefficient (Wildman–Crippen LogP) is 3.73. The van der Waals surface area contributed by atoms with Gasteiger partial charge in [-0.3, -0.25) is 4.79 Å². The predicted molar refractivity (Wildman–Crippen MR) is 143 cm³/mol. The zero-order chi connectivity index (χ0) is 26.1. The Morgan fingerprint density at radius 3 is 2.42 bits per heavy atom. The van der Waals surface area contributed by atoms with Gasteiger partial charge in [-0.05, 0) is 45.4 Å². The van der Waals surface area contributed by atoms with Gasteiger partial charge in [0.2, 0.25) is 0 Å². The van der Waals surface area contributed by atoms with E-state index < -0.39 is 33.5 Å². The van der Waals surface area contributed by atoms with Gasteiger partial charge in [0.15, 0.2) is 15.0 Å². The van der Waals surface area contributed by atoms with Crippen LogP contribution < -0.4 is 10.2 Å². The molecule has 2 aromatic rings. The van der Waals surface area contributed by atoms with Crippen molar-refractivity contribution in [1.82, 2.24) is 5.32 Å². The third-order valence-electron chi connectivity index (χ3n) is 5.86. The molecule has 4 rings (SSSR count). The molecule has 192 valence electrons. The van der Waals surface area contributed by atoms with Crippen molar-refractivity contribution in [2.75, 3.05) is 16.4 Å². The summed E-state index contributed by atoms with van der Waals surface area (Å²) in [6, 6.07) is 15.8. The molecular formula is C26H31N3O5S2. The number of nitrogens with zero attached hydrogens (tertiary/aromatic N) is 2. The lowest BCUT2D eigenvalue weighted by molar-refractivity contribution is -0.119. The van der Waals surface area contributed by atoms with Gasteiger partial charge in [0.25, 0.3) is 5.91 Å². The molecule has 0 spiro atoms. The van der Waals surface area contributed by atoms with Gasteiger partial charge < -0.3 is 15.0 Å². The zero-order valence-corrected chi connectivity index (χ0v) is 22.4. The number of aryl methyl sites for hydroxylation is 1.